The zero-order valence-corrected chi connectivity index (χ0v) is 11.6. The van der Waals surface area contributed by atoms with Gasteiger partial charge in [-0.3, -0.25) is 4.79 Å². The molecule has 3 nitrogen and oxygen atoms in total. The van der Waals surface area contributed by atoms with E-state index in [1.54, 1.807) is 4.90 Å². The molecule has 18 heavy (non-hydrogen) atoms. The standard InChI is InChI=1S/C14H20N2O.ClH/c1-16(13-5-3-2-4-6-13)14(17)11-12-7-9-15-10-8-12;/h2-6,12,15H,7-11H2,1H3;1H. The second kappa shape index (κ2) is 7.39. The first kappa shape index (κ1) is 15.0. The molecular weight excluding hydrogens is 248 g/mol. The van der Waals surface area contributed by atoms with Crippen molar-refractivity contribution >= 4 is 24.0 Å². The molecule has 1 amide bonds. The summed E-state index contributed by atoms with van der Waals surface area (Å²) in [5, 5.41) is 3.32. The number of hydrogen-bond donors (Lipinski definition) is 1. The highest BCUT2D eigenvalue weighted by atomic mass is 35.5. The van der Waals surface area contributed by atoms with E-state index >= 15 is 0 Å². The molecule has 0 radical (unpaired) electrons. The number of para-hydroxylation sites is 1. The van der Waals surface area contributed by atoms with Crippen molar-refractivity contribution in [1.82, 2.24) is 5.32 Å². The third kappa shape index (κ3) is 4.00. The van der Waals surface area contributed by atoms with Gasteiger partial charge in [0, 0.05) is 19.2 Å². The van der Waals surface area contributed by atoms with Gasteiger partial charge in [-0.25, -0.2) is 0 Å². The number of rotatable bonds is 3. The zero-order valence-electron chi connectivity index (χ0n) is 10.8. The monoisotopic (exact) mass is 268 g/mol. The van der Waals surface area contributed by atoms with E-state index in [-0.39, 0.29) is 18.3 Å². The summed E-state index contributed by atoms with van der Waals surface area (Å²) in [6.07, 6.45) is 2.91. The van der Waals surface area contributed by atoms with E-state index < -0.39 is 0 Å². The van der Waals surface area contributed by atoms with Crippen LogP contribution in [0.1, 0.15) is 19.3 Å². The fourth-order valence-electron chi connectivity index (χ4n) is 2.27. The second-order valence-electron chi connectivity index (χ2n) is 4.69. The van der Waals surface area contributed by atoms with Crippen LogP contribution in [-0.4, -0.2) is 26.0 Å². The summed E-state index contributed by atoms with van der Waals surface area (Å²) < 4.78 is 0. The molecule has 1 saturated heterocycles. The van der Waals surface area contributed by atoms with Gasteiger partial charge in [-0.2, -0.15) is 0 Å². The first-order chi connectivity index (χ1) is 8.27. The lowest BCUT2D eigenvalue weighted by Crippen LogP contribution is -2.33. The summed E-state index contributed by atoms with van der Waals surface area (Å²) in [7, 11) is 1.86. The Hall–Kier alpha value is -1.06. The van der Waals surface area contributed by atoms with Gasteiger partial charge < -0.3 is 10.2 Å². The van der Waals surface area contributed by atoms with E-state index in [2.05, 4.69) is 5.32 Å². The second-order valence-corrected chi connectivity index (χ2v) is 4.69. The Morgan fingerprint density at radius 1 is 1.28 bits per heavy atom. The lowest BCUT2D eigenvalue weighted by Gasteiger charge is -2.25. The molecule has 1 heterocycles. The van der Waals surface area contributed by atoms with Crippen LogP contribution in [0.5, 0.6) is 0 Å². The molecule has 1 aliphatic rings. The molecule has 1 aliphatic heterocycles. The van der Waals surface area contributed by atoms with Gasteiger partial charge in [0.1, 0.15) is 0 Å². The van der Waals surface area contributed by atoms with Crippen LogP contribution in [0.4, 0.5) is 5.69 Å². The third-order valence-electron chi connectivity index (χ3n) is 3.44. The van der Waals surface area contributed by atoms with Crippen molar-refractivity contribution in [2.24, 2.45) is 5.92 Å². The van der Waals surface area contributed by atoms with Crippen LogP contribution >= 0.6 is 12.4 Å². The van der Waals surface area contributed by atoms with Gasteiger partial charge in [-0.1, -0.05) is 18.2 Å². The molecule has 100 valence electrons. The minimum absolute atomic E-state index is 0. The minimum atomic E-state index is 0. The quantitative estimate of drug-likeness (QED) is 0.913. The van der Waals surface area contributed by atoms with Crippen molar-refractivity contribution in [2.45, 2.75) is 19.3 Å². The van der Waals surface area contributed by atoms with Gasteiger partial charge in [0.05, 0.1) is 0 Å². The maximum atomic E-state index is 12.1. The van der Waals surface area contributed by atoms with E-state index in [0.29, 0.717) is 12.3 Å². The van der Waals surface area contributed by atoms with Crippen LogP contribution in [0.3, 0.4) is 0 Å². The van der Waals surface area contributed by atoms with Crippen LogP contribution in [-0.2, 0) is 4.79 Å². The first-order valence-electron chi connectivity index (χ1n) is 6.29. The van der Waals surface area contributed by atoms with Crippen molar-refractivity contribution in [1.29, 1.82) is 0 Å². The van der Waals surface area contributed by atoms with Gasteiger partial charge in [0.15, 0.2) is 0 Å². The fourth-order valence-corrected chi connectivity index (χ4v) is 2.27. The van der Waals surface area contributed by atoms with Gasteiger partial charge >= 0.3 is 0 Å². The third-order valence-corrected chi connectivity index (χ3v) is 3.44. The Morgan fingerprint density at radius 3 is 2.50 bits per heavy atom. The fraction of sp³-hybridized carbons (Fsp3) is 0.500. The molecular formula is C14H21ClN2O. The molecule has 0 aliphatic carbocycles. The number of nitrogens with zero attached hydrogens (tertiary/aromatic N) is 1. The molecule has 2 rings (SSSR count). The largest absolute Gasteiger partial charge is 0.317 e. The van der Waals surface area contributed by atoms with Gasteiger partial charge in [-0.05, 0) is 44.0 Å². The van der Waals surface area contributed by atoms with E-state index in [4.69, 9.17) is 0 Å². The number of piperidine rings is 1. The molecule has 0 saturated carbocycles. The summed E-state index contributed by atoms with van der Waals surface area (Å²) in [4.78, 5) is 13.9. The molecule has 1 N–H and O–H groups in total. The predicted octanol–water partition coefficient (Wildman–Crippen LogP) is 2.46. The van der Waals surface area contributed by atoms with Crippen LogP contribution in [0, 0.1) is 5.92 Å². The summed E-state index contributed by atoms with van der Waals surface area (Å²) in [6.45, 7) is 2.10. The maximum absolute atomic E-state index is 12.1. The van der Waals surface area contributed by atoms with Gasteiger partial charge in [-0.15, -0.1) is 12.4 Å². The number of carbonyl (C=O) groups is 1. The van der Waals surface area contributed by atoms with Gasteiger partial charge in [0.25, 0.3) is 0 Å². The van der Waals surface area contributed by atoms with Gasteiger partial charge in [0.2, 0.25) is 5.91 Å². The SMILES string of the molecule is CN(C(=O)CC1CCNCC1)c1ccccc1.Cl. The summed E-state index contributed by atoms with van der Waals surface area (Å²) in [5.41, 5.74) is 0.978. The van der Waals surface area contributed by atoms with Crippen molar-refractivity contribution in [3.8, 4) is 0 Å². The van der Waals surface area contributed by atoms with E-state index in [9.17, 15) is 4.79 Å². The average molecular weight is 269 g/mol. The van der Waals surface area contributed by atoms with Crippen molar-refractivity contribution in [2.75, 3.05) is 25.0 Å². The number of amides is 1. The van der Waals surface area contributed by atoms with Crippen LogP contribution in [0.25, 0.3) is 0 Å². The first-order valence-corrected chi connectivity index (χ1v) is 6.29. The molecule has 0 aromatic heterocycles. The van der Waals surface area contributed by atoms with Crippen LogP contribution in [0.15, 0.2) is 30.3 Å². The summed E-state index contributed by atoms with van der Waals surface area (Å²) >= 11 is 0. The highest BCUT2D eigenvalue weighted by Gasteiger charge is 2.19. The molecule has 0 bridgehead atoms. The topological polar surface area (TPSA) is 32.3 Å². The number of nitrogens with one attached hydrogen (secondary N) is 1. The number of carbonyl (C=O) groups excluding carboxylic acids is 1. The Labute approximate surface area is 115 Å². The Kier molecular flexibility index (Phi) is 6.16. The van der Waals surface area contributed by atoms with E-state index in [1.165, 1.54) is 0 Å². The lowest BCUT2D eigenvalue weighted by atomic mass is 9.94. The number of anilines is 1. The average Bonchev–Trinajstić information content (AvgIpc) is 2.40. The van der Waals surface area contributed by atoms with Crippen molar-refractivity contribution < 1.29 is 4.79 Å². The molecule has 1 aromatic rings. The molecule has 0 atom stereocenters. The lowest BCUT2D eigenvalue weighted by molar-refractivity contribution is -0.119. The summed E-state index contributed by atoms with van der Waals surface area (Å²) in [6, 6.07) is 9.84. The normalized spacial score (nSPS) is 15.8. The molecule has 0 unspecified atom stereocenters. The Bertz CT molecular complexity index is 363. The highest BCUT2D eigenvalue weighted by molar-refractivity contribution is 5.92. The maximum Gasteiger partial charge on any atom is 0.226 e. The highest BCUT2D eigenvalue weighted by Crippen LogP contribution is 2.19. The molecule has 1 fully saturated rings. The Balaban J connectivity index is 0.00000162. The van der Waals surface area contributed by atoms with Crippen molar-refractivity contribution in [3.63, 3.8) is 0 Å². The van der Waals surface area contributed by atoms with E-state index in [1.807, 2.05) is 37.4 Å². The minimum Gasteiger partial charge on any atom is -0.317 e. The summed E-state index contributed by atoms with van der Waals surface area (Å²) in [5.74, 6) is 0.776. The number of halogens is 1. The Morgan fingerprint density at radius 2 is 1.89 bits per heavy atom. The van der Waals surface area contributed by atoms with Crippen molar-refractivity contribution in [3.05, 3.63) is 30.3 Å². The number of benzene rings is 1. The number of hydrogen-bond acceptors (Lipinski definition) is 2. The van der Waals surface area contributed by atoms with Crippen LogP contribution in [0.2, 0.25) is 0 Å². The van der Waals surface area contributed by atoms with E-state index in [0.717, 1.165) is 31.6 Å². The predicted molar refractivity (Wildman–Crippen MR) is 77.3 cm³/mol. The molecule has 0 spiro atoms. The smallest absolute Gasteiger partial charge is 0.226 e. The molecule has 4 heteroatoms. The van der Waals surface area contributed by atoms with Crippen LogP contribution < -0.4 is 10.2 Å². The molecule has 1 aromatic carbocycles. The zero-order chi connectivity index (χ0) is 12.1.